The average Bonchev–Trinajstić information content (AvgIpc) is 2.67. The number of hydrogen-bond acceptors (Lipinski definition) is 5. The monoisotopic (exact) mass is 452 g/mol. The molecule has 1 heterocycles. The van der Waals surface area contributed by atoms with Crippen LogP contribution in [0.25, 0.3) is 0 Å². The van der Waals surface area contributed by atoms with Crippen molar-refractivity contribution in [2.45, 2.75) is 28.4 Å². The van der Waals surface area contributed by atoms with Crippen molar-refractivity contribution in [3.05, 3.63) is 54.1 Å². The van der Waals surface area contributed by atoms with Gasteiger partial charge in [-0.3, -0.25) is 14.1 Å². The lowest BCUT2D eigenvalue weighted by atomic mass is 9.90. The molecular formula is C21H30N3O2S3+. The van der Waals surface area contributed by atoms with Crippen LogP contribution in [0.1, 0.15) is 24.3 Å². The van der Waals surface area contributed by atoms with Crippen molar-refractivity contribution in [2.75, 3.05) is 39.0 Å². The van der Waals surface area contributed by atoms with Crippen molar-refractivity contribution in [3.63, 3.8) is 0 Å². The van der Waals surface area contributed by atoms with E-state index in [0.29, 0.717) is 16.1 Å². The summed E-state index contributed by atoms with van der Waals surface area (Å²) in [7, 11) is 2.60. The van der Waals surface area contributed by atoms with Crippen molar-refractivity contribution in [2.24, 2.45) is 0 Å². The number of hydrogen-bond donors (Lipinski definition) is 3. The van der Waals surface area contributed by atoms with Gasteiger partial charge in [-0.15, -0.1) is 25.3 Å². The van der Waals surface area contributed by atoms with Crippen LogP contribution in [0.4, 0.5) is 11.4 Å². The van der Waals surface area contributed by atoms with Gasteiger partial charge < -0.3 is 0 Å². The van der Waals surface area contributed by atoms with Gasteiger partial charge >= 0.3 is 0 Å². The zero-order valence-corrected chi connectivity index (χ0v) is 19.7. The van der Waals surface area contributed by atoms with Gasteiger partial charge in [-0.1, -0.05) is 12.1 Å². The van der Waals surface area contributed by atoms with Crippen molar-refractivity contribution in [3.8, 4) is 0 Å². The van der Waals surface area contributed by atoms with E-state index in [1.165, 1.54) is 5.56 Å². The number of sulfonamides is 1. The number of piperidine rings is 1. The fourth-order valence-corrected chi connectivity index (χ4v) is 5.09. The molecule has 0 unspecified atom stereocenters. The van der Waals surface area contributed by atoms with Crippen LogP contribution in [-0.4, -0.2) is 52.3 Å². The Morgan fingerprint density at radius 3 is 2.00 bits per heavy atom. The summed E-state index contributed by atoms with van der Waals surface area (Å²) in [6.07, 6.45) is 2.06. The van der Waals surface area contributed by atoms with Gasteiger partial charge in [-0.05, 0) is 48.6 Å². The molecule has 1 N–H and O–H groups in total. The highest BCUT2D eigenvalue weighted by Gasteiger charge is 2.23. The molecule has 0 radical (unpaired) electrons. The standard InChI is InChI=1S/C21H29N3O2S3/c1-24(2,3)19-8-6-18(7-9-19)22-29(25,26)20-10-4-16(5-11-20)17-12-14-23(15-13-17)21(27)28/h4-11,17,21-22H,12-15H2,1-3H3,(H-,27,28)/p+1. The van der Waals surface area contributed by atoms with Gasteiger partial charge in [0, 0.05) is 30.9 Å². The van der Waals surface area contributed by atoms with E-state index in [0.717, 1.165) is 31.6 Å². The third-order valence-corrected chi connectivity index (χ3v) is 7.46. The molecule has 8 heteroatoms. The van der Waals surface area contributed by atoms with Gasteiger partial charge in [0.25, 0.3) is 10.0 Å². The predicted octanol–water partition coefficient (Wildman–Crippen LogP) is 4.01. The summed E-state index contributed by atoms with van der Waals surface area (Å²) >= 11 is 8.76. The molecule has 0 bridgehead atoms. The van der Waals surface area contributed by atoms with Crippen molar-refractivity contribution < 1.29 is 8.42 Å². The van der Waals surface area contributed by atoms with Crippen molar-refractivity contribution >= 4 is 46.7 Å². The second-order valence-electron chi connectivity index (χ2n) is 8.39. The Morgan fingerprint density at radius 1 is 0.966 bits per heavy atom. The van der Waals surface area contributed by atoms with E-state index < -0.39 is 10.0 Å². The second kappa shape index (κ2) is 8.89. The number of anilines is 1. The summed E-state index contributed by atoms with van der Waals surface area (Å²) in [6, 6.07) is 14.8. The number of nitrogens with zero attached hydrogens (tertiary/aromatic N) is 2. The molecule has 2 aromatic carbocycles. The number of thiol groups is 2. The van der Waals surface area contributed by atoms with E-state index >= 15 is 0 Å². The zero-order valence-electron chi connectivity index (χ0n) is 17.1. The Bertz CT molecular complexity index is 913. The molecule has 0 spiro atoms. The van der Waals surface area contributed by atoms with Crippen LogP contribution in [0, 0.1) is 0 Å². The Balaban J connectivity index is 1.67. The van der Waals surface area contributed by atoms with Crippen LogP contribution < -0.4 is 9.21 Å². The highest BCUT2D eigenvalue weighted by molar-refractivity contribution is 7.99. The third-order valence-electron chi connectivity index (χ3n) is 5.41. The quantitative estimate of drug-likeness (QED) is 0.353. The Morgan fingerprint density at radius 2 is 1.52 bits per heavy atom. The Labute approximate surface area is 185 Å². The fourth-order valence-electron chi connectivity index (χ4n) is 3.57. The van der Waals surface area contributed by atoms with Crippen LogP contribution >= 0.6 is 25.3 Å². The number of benzene rings is 2. The number of quaternary nitrogens is 1. The minimum Gasteiger partial charge on any atom is -0.298 e. The summed E-state index contributed by atoms with van der Waals surface area (Å²) in [5.41, 5.74) is 2.85. The molecular weight excluding hydrogens is 422 g/mol. The predicted molar refractivity (Wildman–Crippen MR) is 129 cm³/mol. The fraction of sp³-hybridized carbons (Fsp3) is 0.429. The summed E-state index contributed by atoms with van der Waals surface area (Å²) in [5.74, 6) is 0.444. The van der Waals surface area contributed by atoms with Gasteiger partial charge in [0.15, 0.2) is 0 Å². The molecule has 1 aliphatic rings. The SMILES string of the molecule is C[N+](C)(C)c1ccc(NS(=O)(=O)c2ccc(C3CCN(C(S)S)CC3)cc2)cc1. The molecule has 158 valence electrons. The van der Waals surface area contributed by atoms with Gasteiger partial charge in [-0.25, -0.2) is 8.42 Å². The molecule has 29 heavy (non-hydrogen) atoms. The first-order valence-electron chi connectivity index (χ1n) is 9.71. The van der Waals surface area contributed by atoms with Gasteiger partial charge in [0.05, 0.1) is 30.7 Å². The van der Waals surface area contributed by atoms with E-state index in [2.05, 4.69) is 56.0 Å². The normalized spacial score (nSPS) is 16.9. The van der Waals surface area contributed by atoms with E-state index in [1.54, 1.807) is 24.3 Å². The summed E-state index contributed by atoms with van der Waals surface area (Å²) < 4.78 is 28.8. The van der Waals surface area contributed by atoms with Gasteiger partial charge in [0.1, 0.15) is 5.69 Å². The Kier molecular flexibility index (Phi) is 6.90. The molecule has 5 nitrogen and oxygen atoms in total. The van der Waals surface area contributed by atoms with Crippen LogP contribution in [0.15, 0.2) is 53.4 Å². The lowest BCUT2D eigenvalue weighted by Crippen LogP contribution is -2.35. The average molecular weight is 453 g/mol. The molecule has 1 fully saturated rings. The Hall–Kier alpha value is -1.19. The zero-order chi connectivity index (χ0) is 21.2. The molecule has 0 amide bonds. The minimum absolute atomic E-state index is 0.0223. The maximum Gasteiger partial charge on any atom is 0.261 e. The van der Waals surface area contributed by atoms with Crippen molar-refractivity contribution in [1.82, 2.24) is 9.38 Å². The number of rotatable bonds is 6. The van der Waals surface area contributed by atoms with E-state index in [9.17, 15) is 8.42 Å². The lowest BCUT2D eigenvalue weighted by molar-refractivity contribution is 0.235. The van der Waals surface area contributed by atoms with Crippen LogP contribution in [0.2, 0.25) is 0 Å². The molecule has 0 atom stereocenters. The molecule has 1 saturated heterocycles. The topological polar surface area (TPSA) is 49.4 Å². The second-order valence-corrected chi connectivity index (χ2v) is 11.5. The van der Waals surface area contributed by atoms with Crippen molar-refractivity contribution in [1.29, 1.82) is 0 Å². The third kappa shape index (κ3) is 5.70. The largest absolute Gasteiger partial charge is 0.298 e. The summed E-state index contributed by atoms with van der Waals surface area (Å²) in [5, 5.41) is 0. The molecule has 0 aliphatic carbocycles. The molecule has 1 aliphatic heterocycles. The van der Waals surface area contributed by atoms with E-state index in [-0.39, 0.29) is 9.60 Å². The van der Waals surface area contributed by atoms with Crippen LogP contribution in [0.5, 0.6) is 0 Å². The maximum atomic E-state index is 12.8. The van der Waals surface area contributed by atoms with E-state index in [1.807, 2.05) is 24.3 Å². The highest BCUT2D eigenvalue weighted by Crippen LogP contribution is 2.31. The molecule has 0 aromatic heterocycles. The smallest absolute Gasteiger partial charge is 0.261 e. The molecule has 2 aromatic rings. The summed E-state index contributed by atoms with van der Waals surface area (Å²) in [6.45, 7) is 1.90. The first kappa shape index (κ1) is 22.5. The van der Waals surface area contributed by atoms with Gasteiger partial charge in [0.2, 0.25) is 0 Å². The van der Waals surface area contributed by atoms with E-state index in [4.69, 9.17) is 0 Å². The highest BCUT2D eigenvalue weighted by atomic mass is 32.2. The van der Waals surface area contributed by atoms with Gasteiger partial charge in [-0.2, -0.15) is 0 Å². The first-order valence-corrected chi connectivity index (χ1v) is 12.2. The molecule has 0 saturated carbocycles. The van der Waals surface area contributed by atoms with Crippen LogP contribution in [0.3, 0.4) is 0 Å². The summed E-state index contributed by atoms with van der Waals surface area (Å²) in [4.78, 5) is 2.51. The lowest BCUT2D eigenvalue weighted by Gasteiger charge is -2.33. The minimum atomic E-state index is -3.61. The number of nitrogens with one attached hydrogen (secondary N) is 1. The van der Waals surface area contributed by atoms with Crippen LogP contribution in [-0.2, 0) is 10.0 Å². The first-order chi connectivity index (χ1) is 13.6. The molecule has 3 rings (SSSR count). The number of likely N-dealkylation sites (tertiary alicyclic amines) is 1. The maximum absolute atomic E-state index is 12.8.